The number of fused-ring (bicyclic) bond motifs is 1. The number of carbonyl (C=O) groups is 4. The normalized spacial score (nSPS) is 20.2. The first kappa shape index (κ1) is 24.5. The minimum Gasteiger partial charge on any atom is -0.427 e. The zero-order valence-electron chi connectivity index (χ0n) is 18.3. The fourth-order valence-electron chi connectivity index (χ4n) is 2.86. The summed E-state index contributed by atoms with van der Waals surface area (Å²) in [6.07, 6.45) is 1.54. The van der Waals surface area contributed by atoms with Gasteiger partial charge < -0.3 is 25.4 Å². The number of anilines is 1. The van der Waals surface area contributed by atoms with E-state index in [2.05, 4.69) is 15.5 Å². The molecule has 2 aliphatic heterocycles. The summed E-state index contributed by atoms with van der Waals surface area (Å²) in [5.41, 5.74) is 4.98. The van der Waals surface area contributed by atoms with E-state index in [1.165, 1.54) is 23.8 Å². The third-order valence-electron chi connectivity index (χ3n) is 4.50. The summed E-state index contributed by atoms with van der Waals surface area (Å²) in [5, 5.41) is 7.57. The van der Waals surface area contributed by atoms with Gasteiger partial charge in [-0.1, -0.05) is 5.16 Å². The number of nitrogens with zero attached hydrogens (tertiary/aromatic N) is 3. The van der Waals surface area contributed by atoms with Crippen LogP contribution in [0.5, 0.6) is 0 Å². The molecule has 0 aromatic carbocycles. The number of esters is 2. The predicted octanol–water partition coefficient (Wildman–Crippen LogP) is 0.450. The third-order valence-corrected chi connectivity index (χ3v) is 6.35. The Morgan fingerprint density at radius 1 is 1.33 bits per heavy atom. The van der Waals surface area contributed by atoms with E-state index in [1.54, 1.807) is 32.2 Å². The summed E-state index contributed by atoms with van der Waals surface area (Å²) in [4.78, 5) is 59.7. The summed E-state index contributed by atoms with van der Waals surface area (Å²) < 4.78 is 9.93. The molecule has 2 aliphatic rings. The number of hydrogen-bond donors (Lipinski definition) is 2. The molecule has 2 atom stereocenters. The van der Waals surface area contributed by atoms with Crippen molar-refractivity contribution < 1.29 is 33.5 Å². The highest BCUT2D eigenvalue weighted by molar-refractivity contribution is 8.00. The number of ether oxygens (including phenoxy) is 2. The van der Waals surface area contributed by atoms with E-state index >= 15 is 0 Å². The summed E-state index contributed by atoms with van der Waals surface area (Å²) in [6.45, 7) is 4.44. The van der Waals surface area contributed by atoms with Gasteiger partial charge in [0.05, 0.1) is 5.41 Å². The highest BCUT2D eigenvalue weighted by Gasteiger charge is 2.53. The minimum absolute atomic E-state index is 0.0270. The molecule has 3 heterocycles. The molecule has 0 saturated carbocycles. The van der Waals surface area contributed by atoms with E-state index in [-0.39, 0.29) is 22.2 Å². The Bertz CT molecular complexity index is 1030. The number of thioether (sulfide) groups is 1. The highest BCUT2D eigenvalue weighted by Crippen LogP contribution is 2.37. The predicted molar refractivity (Wildman–Crippen MR) is 120 cm³/mol. The molecular weight excluding hydrogens is 474 g/mol. The van der Waals surface area contributed by atoms with Crippen molar-refractivity contribution in [2.24, 2.45) is 10.6 Å². The van der Waals surface area contributed by atoms with E-state index in [0.717, 1.165) is 11.3 Å². The van der Waals surface area contributed by atoms with Crippen molar-refractivity contribution in [1.29, 1.82) is 0 Å². The van der Waals surface area contributed by atoms with E-state index in [9.17, 15) is 19.2 Å². The summed E-state index contributed by atoms with van der Waals surface area (Å²) in [5.74, 6) is -2.09. The van der Waals surface area contributed by atoms with Gasteiger partial charge in [0.25, 0.3) is 11.8 Å². The van der Waals surface area contributed by atoms with Gasteiger partial charge in [0.2, 0.25) is 6.79 Å². The summed E-state index contributed by atoms with van der Waals surface area (Å²) in [7, 11) is 1.28. The fraction of sp³-hybridized carbons (Fsp3) is 0.474. The summed E-state index contributed by atoms with van der Waals surface area (Å²) in [6, 6.07) is -0.893. The number of amides is 2. The number of nitrogens with two attached hydrogens (primary N) is 1. The Kier molecular flexibility index (Phi) is 7.27. The zero-order valence-corrected chi connectivity index (χ0v) is 19.9. The van der Waals surface area contributed by atoms with Gasteiger partial charge in [-0.15, -0.1) is 23.1 Å². The van der Waals surface area contributed by atoms with Crippen molar-refractivity contribution in [3.05, 3.63) is 22.8 Å². The maximum Gasteiger partial charge on any atom is 0.357 e. The number of hydrogen-bond acceptors (Lipinski definition) is 12. The van der Waals surface area contributed by atoms with Crippen LogP contribution in [0.15, 0.2) is 22.3 Å². The topological polar surface area (TPSA) is 163 Å². The Labute approximate surface area is 197 Å². The van der Waals surface area contributed by atoms with Gasteiger partial charge in [0.15, 0.2) is 10.8 Å². The molecule has 1 fully saturated rings. The van der Waals surface area contributed by atoms with Crippen LogP contribution in [0.4, 0.5) is 5.13 Å². The van der Waals surface area contributed by atoms with Crippen LogP contribution in [-0.4, -0.2) is 70.4 Å². The van der Waals surface area contributed by atoms with Gasteiger partial charge in [0, 0.05) is 11.1 Å². The molecule has 178 valence electrons. The summed E-state index contributed by atoms with van der Waals surface area (Å²) >= 11 is 2.49. The second kappa shape index (κ2) is 9.79. The first-order chi connectivity index (χ1) is 15.5. The van der Waals surface area contributed by atoms with Crippen LogP contribution in [0, 0.1) is 5.41 Å². The average Bonchev–Trinajstić information content (AvgIpc) is 3.19. The number of aromatic nitrogens is 1. The number of rotatable bonds is 7. The molecule has 0 aliphatic carbocycles. The van der Waals surface area contributed by atoms with Crippen LogP contribution in [0.2, 0.25) is 0 Å². The van der Waals surface area contributed by atoms with E-state index in [1.807, 2.05) is 0 Å². The van der Waals surface area contributed by atoms with Crippen LogP contribution >= 0.6 is 23.1 Å². The Morgan fingerprint density at radius 2 is 2.06 bits per heavy atom. The maximum absolute atomic E-state index is 12.7. The largest absolute Gasteiger partial charge is 0.427 e. The molecule has 3 N–H and O–H groups in total. The first-order valence-electron chi connectivity index (χ1n) is 9.67. The van der Waals surface area contributed by atoms with Crippen molar-refractivity contribution in [2.45, 2.75) is 32.2 Å². The lowest BCUT2D eigenvalue weighted by Crippen LogP contribution is -2.70. The Hall–Kier alpha value is -3.13. The number of thiazole rings is 1. The highest BCUT2D eigenvalue weighted by atomic mass is 32.2. The number of carbonyl (C=O) groups excluding carboxylic acids is 4. The second-order valence-electron chi connectivity index (χ2n) is 7.90. The van der Waals surface area contributed by atoms with Crippen LogP contribution in [-0.2, 0) is 33.5 Å². The number of β-lactam (4-membered cyclic amide) rings is 1. The lowest BCUT2D eigenvalue weighted by Gasteiger charge is -2.48. The standard InChI is InChI=1S/C19H23N5O7S2/c1-19(2,3)17(28)31-8-30-16(27)10-5-6-32-15-12(14(26)24(10)15)22-13(25)11(23-29-4)9-7-33-18(20)21-9/h5,7,12,15H,6,8H2,1-4H3,(H2,20,21)(H,22,25)/b23-11-/t12?,15-/m1/s1. The number of nitrogen functional groups attached to an aromatic ring is 1. The van der Waals surface area contributed by atoms with Gasteiger partial charge in [-0.3, -0.25) is 19.3 Å². The van der Waals surface area contributed by atoms with E-state index in [4.69, 9.17) is 20.0 Å². The monoisotopic (exact) mass is 497 g/mol. The van der Waals surface area contributed by atoms with Gasteiger partial charge in [0.1, 0.15) is 29.9 Å². The lowest BCUT2D eigenvalue weighted by atomic mass is 9.98. The molecule has 0 bridgehead atoms. The van der Waals surface area contributed by atoms with Gasteiger partial charge in [-0.05, 0) is 26.8 Å². The molecule has 14 heteroatoms. The van der Waals surface area contributed by atoms with Crippen molar-refractivity contribution in [1.82, 2.24) is 15.2 Å². The van der Waals surface area contributed by atoms with Crippen LogP contribution in [0.3, 0.4) is 0 Å². The van der Waals surface area contributed by atoms with Crippen LogP contribution < -0.4 is 11.1 Å². The van der Waals surface area contributed by atoms with Crippen molar-refractivity contribution in [3.8, 4) is 0 Å². The molecule has 0 radical (unpaired) electrons. The Balaban J connectivity index is 1.61. The fourth-order valence-corrected chi connectivity index (χ4v) is 4.60. The molecule has 2 amide bonds. The molecule has 12 nitrogen and oxygen atoms in total. The second-order valence-corrected chi connectivity index (χ2v) is 9.94. The molecule has 1 aromatic heterocycles. The number of nitrogens with one attached hydrogen (secondary N) is 1. The maximum atomic E-state index is 12.7. The molecule has 33 heavy (non-hydrogen) atoms. The SMILES string of the molecule is CO/N=C(\C(=O)NC1C(=O)N2C(C(=O)OCOC(=O)C(C)(C)C)=CCS[C@H]12)c1csc(N)n1. The third kappa shape index (κ3) is 5.27. The van der Waals surface area contributed by atoms with Crippen LogP contribution in [0.1, 0.15) is 26.5 Å². The van der Waals surface area contributed by atoms with Crippen molar-refractivity contribution in [3.63, 3.8) is 0 Å². The van der Waals surface area contributed by atoms with Crippen molar-refractivity contribution in [2.75, 3.05) is 25.4 Å². The molecule has 1 saturated heterocycles. The van der Waals surface area contributed by atoms with E-state index < -0.39 is 47.4 Å². The quantitative estimate of drug-likeness (QED) is 0.178. The molecule has 0 spiro atoms. The average molecular weight is 498 g/mol. The van der Waals surface area contributed by atoms with Gasteiger partial charge in [-0.25, -0.2) is 9.78 Å². The smallest absolute Gasteiger partial charge is 0.357 e. The lowest BCUT2D eigenvalue weighted by molar-refractivity contribution is -0.173. The number of oxime groups is 1. The minimum atomic E-state index is -0.893. The molecule has 1 unspecified atom stereocenters. The van der Waals surface area contributed by atoms with E-state index in [0.29, 0.717) is 5.75 Å². The van der Waals surface area contributed by atoms with Gasteiger partial charge in [-0.2, -0.15) is 0 Å². The Morgan fingerprint density at radius 3 is 2.67 bits per heavy atom. The van der Waals surface area contributed by atoms with Gasteiger partial charge >= 0.3 is 11.9 Å². The molecule has 1 aromatic rings. The molecular formula is C19H23N5O7S2. The first-order valence-corrected chi connectivity index (χ1v) is 11.6. The van der Waals surface area contributed by atoms with Crippen LogP contribution in [0.25, 0.3) is 0 Å². The zero-order chi connectivity index (χ0) is 24.3. The van der Waals surface area contributed by atoms with Crippen molar-refractivity contribution >= 4 is 57.7 Å². The molecule has 3 rings (SSSR count).